The Morgan fingerprint density at radius 2 is 2.05 bits per heavy atom. The van der Waals surface area contributed by atoms with Gasteiger partial charge < -0.3 is 10.2 Å². The van der Waals surface area contributed by atoms with E-state index in [9.17, 15) is 13.2 Å². The fourth-order valence-electron chi connectivity index (χ4n) is 2.66. The summed E-state index contributed by atoms with van der Waals surface area (Å²) < 4.78 is 25.7. The SMILES string of the molecule is CCCN(C(=O)c1ccc(S(=O)(=O)NC)cc1)C1CCNC1. The van der Waals surface area contributed by atoms with Gasteiger partial charge in [0.15, 0.2) is 0 Å². The number of hydrogen-bond acceptors (Lipinski definition) is 4. The van der Waals surface area contributed by atoms with Crippen LogP contribution in [-0.2, 0) is 10.0 Å². The van der Waals surface area contributed by atoms with E-state index in [1.165, 1.54) is 19.2 Å². The molecule has 1 aromatic rings. The topological polar surface area (TPSA) is 78.5 Å². The first kappa shape index (κ1) is 16.9. The zero-order chi connectivity index (χ0) is 16.2. The lowest BCUT2D eigenvalue weighted by Gasteiger charge is -2.28. The summed E-state index contributed by atoms with van der Waals surface area (Å²) in [5.74, 6) is -0.0380. The number of carbonyl (C=O) groups excluding carboxylic acids is 1. The van der Waals surface area contributed by atoms with E-state index < -0.39 is 10.0 Å². The van der Waals surface area contributed by atoms with Gasteiger partial charge >= 0.3 is 0 Å². The Kier molecular flexibility index (Phi) is 5.55. The van der Waals surface area contributed by atoms with Crippen molar-refractivity contribution >= 4 is 15.9 Å². The monoisotopic (exact) mass is 325 g/mol. The molecule has 2 N–H and O–H groups in total. The molecular formula is C15H23N3O3S. The molecule has 2 rings (SSSR count). The van der Waals surface area contributed by atoms with Crippen LogP contribution in [0.5, 0.6) is 0 Å². The fourth-order valence-corrected chi connectivity index (χ4v) is 3.39. The van der Waals surface area contributed by atoms with Crippen LogP contribution >= 0.6 is 0 Å². The van der Waals surface area contributed by atoms with Crippen molar-refractivity contribution in [2.75, 3.05) is 26.7 Å². The number of hydrogen-bond donors (Lipinski definition) is 2. The summed E-state index contributed by atoms with van der Waals surface area (Å²) in [5, 5.41) is 3.27. The van der Waals surface area contributed by atoms with E-state index in [0.717, 1.165) is 25.9 Å². The van der Waals surface area contributed by atoms with Gasteiger partial charge in [-0.3, -0.25) is 4.79 Å². The molecule has 0 bridgehead atoms. The van der Waals surface area contributed by atoms with Crippen LogP contribution in [0.1, 0.15) is 30.1 Å². The minimum Gasteiger partial charge on any atom is -0.334 e. The van der Waals surface area contributed by atoms with Crippen molar-refractivity contribution in [3.63, 3.8) is 0 Å². The van der Waals surface area contributed by atoms with Gasteiger partial charge in [-0.2, -0.15) is 0 Å². The molecule has 1 fully saturated rings. The molecule has 1 saturated heterocycles. The number of nitrogens with one attached hydrogen (secondary N) is 2. The summed E-state index contributed by atoms with van der Waals surface area (Å²) in [5.41, 5.74) is 0.524. The molecule has 6 nitrogen and oxygen atoms in total. The normalized spacial score (nSPS) is 18.4. The Hall–Kier alpha value is -1.44. The summed E-state index contributed by atoms with van der Waals surface area (Å²) in [6.07, 6.45) is 1.85. The minimum absolute atomic E-state index is 0.0380. The van der Waals surface area contributed by atoms with Gasteiger partial charge in [0.25, 0.3) is 5.91 Å². The zero-order valence-electron chi connectivity index (χ0n) is 13.0. The molecule has 1 aliphatic heterocycles. The molecule has 7 heteroatoms. The average molecular weight is 325 g/mol. The lowest BCUT2D eigenvalue weighted by molar-refractivity contribution is 0.0692. The quantitative estimate of drug-likeness (QED) is 0.811. The third kappa shape index (κ3) is 3.66. The first-order valence-corrected chi connectivity index (χ1v) is 9.03. The summed E-state index contributed by atoms with van der Waals surface area (Å²) in [4.78, 5) is 14.7. The molecule has 0 saturated carbocycles. The third-order valence-corrected chi connectivity index (χ3v) is 5.31. The van der Waals surface area contributed by atoms with Gasteiger partial charge in [-0.25, -0.2) is 13.1 Å². The molecule has 1 aromatic carbocycles. The van der Waals surface area contributed by atoms with E-state index in [-0.39, 0.29) is 16.8 Å². The molecule has 0 spiro atoms. The largest absolute Gasteiger partial charge is 0.334 e. The highest BCUT2D eigenvalue weighted by Crippen LogP contribution is 2.16. The Bertz CT molecular complexity index is 607. The number of rotatable bonds is 6. The first-order chi connectivity index (χ1) is 10.5. The van der Waals surface area contributed by atoms with Crippen molar-refractivity contribution in [2.45, 2.75) is 30.7 Å². The smallest absolute Gasteiger partial charge is 0.254 e. The van der Waals surface area contributed by atoms with Crippen LogP contribution < -0.4 is 10.0 Å². The lowest BCUT2D eigenvalue weighted by Crippen LogP contribution is -2.42. The lowest BCUT2D eigenvalue weighted by atomic mass is 10.1. The van der Waals surface area contributed by atoms with E-state index in [1.54, 1.807) is 12.1 Å². The second-order valence-electron chi connectivity index (χ2n) is 5.38. The second kappa shape index (κ2) is 7.21. The summed E-state index contributed by atoms with van der Waals surface area (Å²) >= 11 is 0. The summed E-state index contributed by atoms with van der Waals surface area (Å²) in [6, 6.07) is 6.31. The number of benzene rings is 1. The zero-order valence-corrected chi connectivity index (χ0v) is 13.8. The van der Waals surface area contributed by atoms with E-state index in [1.807, 2.05) is 11.8 Å². The summed E-state index contributed by atoms with van der Waals surface area (Å²) in [6.45, 7) is 4.50. The van der Waals surface area contributed by atoms with E-state index in [0.29, 0.717) is 12.1 Å². The Morgan fingerprint density at radius 3 is 2.55 bits per heavy atom. The Morgan fingerprint density at radius 1 is 1.36 bits per heavy atom. The van der Waals surface area contributed by atoms with Crippen LogP contribution in [-0.4, -0.2) is 51.9 Å². The maximum atomic E-state index is 12.7. The molecule has 0 radical (unpaired) electrons. The number of carbonyl (C=O) groups is 1. The van der Waals surface area contributed by atoms with Crippen LogP contribution in [0, 0.1) is 0 Å². The van der Waals surface area contributed by atoms with Crippen molar-refractivity contribution < 1.29 is 13.2 Å². The Labute approximate surface area is 131 Å². The van der Waals surface area contributed by atoms with E-state index >= 15 is 0 Å². The fraction of sp³-hybridized carbons (Fsp3) is 0.533. The first-order valence-electron chi connectivity index (χ1n) is 7.55. The van der Waals surface area contributed by atoms with E-state index in [4.69, 9.17) is 0 Å². The van der Waals surface area contributed by atoms with Crippen molar-refractivity contribution in [3.05, 3.63) is 29.8 Å². The van der Waals surface area contributed by atoms with Crippen LogP contribution in [0.4, 0.5) is 0 Å². The molecule has 1 atom stereocenters. The van der Waals surface area contributed by atoms with Gasteiger partial charge in [-0.05, 0) is 50.7 Å². The standard InChI is InChI=1S/C15H23N3O3S/c1-3-10-18(13-8-9-17-11-13)15(19)12-4-6-14(7-5-12)22(20,21)16-2/h4-7,13,16-17H,3,8-11H2,1-2H3. The molecule has 0 aliphatic carbocycles. The van der Waals surface area contributed by atoms with Gasteiger partial charge in [0.2, 0.25) is 10.0 Å². The number of amides is 1. The molecule has 0 aromatic heterocycles. The highest BCUT2D eigenvalue weighted by Gasteiger charge is 2.26. The predicted molar refractivity (Wildman–Crippen MR) is 85.3 cm³/mol. The molecule has 1 aliphatic rings. The maximum absolute atomic E-state index is 12.7. The van der Waals surface area contributed by atoms with Crippen molar-refractivity contribution in [1.29, 1.82) is 0 Å². The number of sulfonamides is 1. The molecular weight excluding hydrogens is 302 g/mol. The van der Waals surface area contributed by atoms with E-state index in [2.05, 4.69) is 10.0 Å². The van der Waals surface area contributed by atoms with Gasteiger partial charge in [0.05, 0.1) is 4.90 Å². The van der Waals surface area contributed by atoms with Gasteiger partial charge in [0, 0.05) is 24.7 Å². The Balaban J connectivity index is 2.20. The molecule has 122 valence electrons. The van der Waals surface area contributed by atoms with Crippen molar-refractivity contribution in [3.8, 4) is 0 Å². The summed E-state index contributed by atoms with van der Waals surface area (Å²) in [7, 11) is -2.11. The average Bonchev–Trinajstić information content (AvgIpc) is 3.06. The minimum atomic E-state index is -3.47. The van der Waals surface area contributed by atoms with Gasteiger partial charge in [0.1, 0.15) is 0 Å². The van der Waals surface area contributed by atoms with Gasteiger partial charge in [-0.1, -0.05) is 6.92 Å². The highest BCUT2D eigenvalue weighted by molar-refractivity contribution is 7.89. The van der Waals surface area contributed by atoms with Crippen molar-refractivity contribution in [2.24, 2.45) is 0 Å². The molecule has 1 unspecified atom stereocenters. The molecule has 1 heterocycles. The van der Waals surface area contributed by atoms with Gasteiger partial charge in [-0.15, -0.1) is 0 Å². The molecule has 22 heavy (non-hydrogen) atoms. The molecule has 1 amide bonds. The maximum Gasteiger partial charge on any atom is 0.254 e. The van der Waals surface area contributed by atoms with Crippen LogP contribution in [0.25, 0.3) is 0 Å². The van der Waals surface area contributed by atoms with Crippen LogP contribution in [0.15, 0.2) is 29.2 Å². The predicted octanol–water partition coefficient (Wildman–Crippen LogP) is 0.809. The van der Waals surface area contributed by atoms with Crippen LogP contribution in [0.2, 0.25) is 0 Å². The highest BCUT2D eigenvalue weighted by atomic mass is 32.2. The third-order valence-electron chi connectivity index (χ3n) is 3.88. The second-order valence-corrected chi connectivity index (χ2v) is 7.26. The van der Waals surface area contributed by atoms with Crippen LogP contribution in [0.3, 0.4) is 0 Å². The number of nitrogens with zero attached hydrogens (tertiary/aromatic N) is 1. The van der Waals surface area contributed by atoms with Crippen molar-refractivity contribution in [1.82, 2.24) is 14.9 Å².